The van der Waals surface area contributed by atoms with Crippen LogP contribution in [-0.4, -0.2) is 48.6 Å². The van der Waals surface area contributed by atoms with E-state index < -0.39 is 10.0 Å². The Morgan fingerprint density at radius 2 is 1.86 bits per heavy atom. The fourth-order valence-corrected chi connectivity index (χ4v) is 3.11. The molecule has 0 fully saturated rings. The van der Waals surface area contributed by atoms with E-state index in [4.69, 9.17) is 5.11 Å². The van der Waals surface area contributed by atoms with Crippen molar-refractivity contribution in [1.82, 2.24) is 14.6 Å². The minimum absolute atomic E-state index is 0.0275. The molecule has 0 aliphatic carbocycles. The zero-order valence-electron chi connectivity index (χ0n) is 13.1. The Hall–Kier alpha value is -1.02. The number of pyridine rings is 1. The zero-order valence-corrected chi connectivity index (χ0v) is 13.9. The van der Waals surface area contributed by atoms with Gasteiger partial charge in [0.2, 0.25) is 0 Å². The van der Waals surface area contributed by atoms with Crippen LogP contribution in [0.25, 0.3) is 0 Å². The third-order valence-electron chi connectivity index (χ3n) is 3.24. The van der Waals surface area contributed by atoms with E-state index in [9.17, 15) is 8.42 Å². The Balaban J connectivity index is 2.64. The van der Waals surface area contributed by atoms with Gasteiger partial charge in [-0.3, -0.25) is 4.90 Å². The lowest BCUT2D eigenvalue weighted by molar-refractivity contribution is 0.179. The smallest absolute Gasteiger partial charge is 0.258 e. The predicted molar refractivity (Wildman–Crippen MR) is 82.3 cm³/mol. The van der Waals surface area contributed by atoms with Gasteiger partial charge in [-0.05, 0) is 39.3 Å². The highest BCUT2D eigenvalue weighted by Gasteiger charge is 2.17. The van der Waals surface area contributed by atoms with Gasteiger partial charge >= 0.3 is 0 Å². The van der Waals surface area contributed by atoms with E-state index >= 15 is 0 Å². The standard InChI is InChI=1S/C14H25N3O3S/c1-11(2)17(12(3)4)8-7-16-21(19,20)14-6-5-13(10-18)9-15-14/h5-6,9,11-12,16,18H,7-8,10H2,1-4H3. The maximum absolute atomic E-state index is 12.1. The molecule has 1 heterocycles. The second-order valence-corrected chi connectivity index (χ2v) is 7.20. The minimum atomic E-state index is -3.60. The van der Waals surface area contributed by atoms with Gasteiger partial charge in [-0.1, -0.05) is 6.07 Å². The van der Waals surface area contributed by atoms with Crippen molar-refractivity contribution >= 4 is 10.0 Å². The van der Waals surface area contributed by atoms with Gasteiger partial charge in [0.05, 0.1) is 6.61 Å². The maximum Gasteiger partial charge on any atom is 0.258 e. The van der Waals surface area contributed by atoms with Gasteiger partial charge in [0.1, 0.15) is 0 Å². The quantitative estimate of drug-likeness (QED) is 0.747. The second kappa shape index (κ2) is 7.84. The van der Waals surface area contributed by atoms with Crippen LogP contribution in [0.2, 0.25) is 0 Å². The van der Waals surface area contributed by atoms with Crippen LogP contribution >= 0.6 is 0 Å². The maximum atomic E-state index is 12.1. The molecule has 6 nitrogen and oxygen atoms in total. The van der Waals surface area contributed by atoms with Gasteiger partial charge in [0.15, 0.2) is 5.03 Å². The zero-order chi connectivity index (χ0) is 16.0. The highest BCUT2D eigenvalue weighted by Crippen LogP contribution is 2.07. The number of sulfonamides is 1. The fourth-order valence-electron chi connectivity index (χ4n) is 2.16. The molecule has 120 valence electrons. The Labute approximate surface area is 127 Å². The lowest BCUT2D eigenvalue weighted by atomic mass is 10.2. The topological polar surface area (TPSA) is 82.5 Å². The molecule has 0 radical (unpaired) electrons. The Bertz CT molecular complexity index is 519. The fraction of sp³-hybridized carbons (Fsp3) is 0.643. The largest absolute Gasteiger partial charge is 0.392 e. The summed E-state index contributed by atoms with van der Waals surface area (Å²) in [5.41, 5.74) is 0.583. The predicted octanol–water partition coefficient (Wildman–Crippen LogP) is 0.971. The number of aromatic nitrogens is 1. The van der Waals surface area contributed by atoms with E-state index in [2.05, 4.69) is 42.3 Å². The molecule has 0 saturated carbocycles. The Kier molecular flexibility index (Phi) is 6.73. The molecule has 7 heteroatoms. The summed E-state index contributed by atoms with van der Waals surface area (Å²) in [4.78, 5) is 6.08. The molecule has 0 aliphatic rings. The van der Waals surface area contributed by atoms with E-state index in [-0.39, 0.29) is 11.6 Å². The summed E-state index contributed by atoms with van der Waals surface area (Å²) in [5.74, 6) is 0. The van der Waals surface area contributed by atoms with Crippen molar-refractivity contribution in [1.29, 1.82) is 0 Å². The van der Waals surface area contributed by atoms with Crippen molar-refractivity contribution in [2.45, 2.75) is 51.4 Å². The highest BCUT2D eigenvalue weighted by molar-refractivity contribution is 7.89. The third kappa shape index (κ3) is 5.35. The van der Waals surface area contributed by atoms with Crippen molar-refractivity contribution in [3.05, 3.63) is 23.9 Å². The molecule has 21 heavy (non-hydrogen) atoms. The number of hydrogen-bond donors (Lipinski definition) is 2. The van der Waals surface area contributed by atoms with Crippen LogP contribution in [0.15, 0.2) is 23.4 Å². The molecule has 0 aromatic carbocycles. The first-order chi connectivity index (χ1) is 9.77. The molecule has 0 atom stereocenters. The summed E-state index contributed by atoms with van der Waals surface area (Å²) in [7, 11) is -3.60. The summed E-state index contributed by atoms with van der Waals surface area (Å²) in [6.07, 6.45) is 1.36. The van der Waals surface area contributed by atoms with Crippen LogP contribution < -0.4 is 4.72 Å². The average Bonchev–Trinajstić information content (AvgIpc) is 2.42. The van der Waals surface area contributed by atoms with Crippen molar-refractivity contribution in [3.63, 3.8) is 0 Å². The molecule has 2 N–H and O–H groups in total. The number of nitrogens with one attached hydrogen (secondary N) is 1. The number of aliphatic hydroxyl groups is 1. The molecule has 0 amide bonds. The molecule has 0 bridgehead atoms. The number of nitrogens with zero attached hydrogens (tertiary/aromatic N) is 2. The summed E-state index contributed by atoms with van der Waals surface area (Å²) >= 11 is 0. The van der Waals surface area contributed by atoms with E-state index in [1.807, 2.05) is 0 Å². The molecule has 0 spiro atoms. The van der Waals surface area contributed by atoms with Crippen molar-refractivity contribution < 1.29 is 13.5 Å². The minimum Gasteiger partial charge on any atom is -0.392 e. The summed E-state index contributed by atoms with van der Waals surface area (Å²) < 4.78 is 26.8. The summed E-state index contributed by atoms with van der Waals surface area (Å²) in [5, 5.41) is 8.90. The first-order valence-corrected chi connectivity index (χ1v) is 8.57. The molecule has 1 aromatic heterocycles. The van der Waals surface area contributed by atoms with Crippen molar-refractivity contribution in [2.75, 3.05) is 13.1 Å². The number of rotatable bonds is 8. The lowest BCUT2D eigenvalue weighted by Gasteiger charge is -2.30. The van der Waals surface area contributed by atoms with Gasteiger partial charge in [-0.15, -0.1) is 0 Å². The lowest BCUT2D eigenvalue weighted by Crippen LogP contribution is -2.42. The monoisotopic (exact) mass is 315 g/mol. The van der Waals surface area contributed by atoms with Crippen LogP contribution in [0.3, 0.4) is 0 Å². The van der Waals surface area contributed by atoms with Crippen molar-refractivity contribution in [2.24, 2.45) is 0 Å². The first-order valence-electron chi connectivity index (χ1n) is 7.09. The molecule has 0 aliphatic heterocycles. The van der Waals surface area contributed by atoms with E-state index in [1.165, 1.54) is 12.3 Å². The third-order valence-corrected chi connectivity index (χ3v) is 4.62. The van der Waals surface area contributed by atoms with Crippen molar-refractivity contribution in [3.8, 4) is 0 Å². The Morgan fingerprint density at radius 3 is 2.29 bits per heavy atom. The summed E-state index contributed by atoms with van der Waals surface area (Å²) in [6.45, 7) is 9.17. The Morgan fingerprint density at radius 1 is 1.24 bits per heavy atom. The average molecular weight is 315 g/mol. The number of hydrogen-bond acceptors (Lipinski definition) is 5. The van der Waals surface area contributed by atoms with E-state index in [0.29, 0.717) is 30.7 Å². The first kappa shape index (κ1) is 18.0. The normalized spacial score (nSPS) is 12.6. The molecular weight excluding hydrogens is 290 g/mol. The van der Waals surface area contributed by atoms with E-state index in [1.54, 1.807) is 6.07 Å². The molecule has 0 unspecified atom stereocenters. The molecule has 1 aromatic rings. The highest BCUT2D eigenvalue weighted by atomic mass is 32.2. The SMILES string of the molecule is CC(C)N(CCNS(=O)(=O)c1ccc(CO)cn1)C(C)C. The van der Waals surface area contributed by atoms with E-state index in [0.717, 1.165) is 0 Å². The second-order valence-electron chi connectivity index (χ2n) is 5.49. The van der Waals surface area contributed by atoms with Gasteiger partial charge in [0, 0.05) is 31.4 Å². The molecule has 0 saturated heterocycles. The van der Waals surface area contributed by atoms with Crippen LogP contribution in [0.5, 0.6) is 0 Å². The molecule has 1 rings (SSSR count). The summed E-state index contributed by atoms with van der Waals surface area (Å²) in [6, 6.07) is 3.67. The van der Waals surface area contributed by atoms with Gasteiger partial charge in [0.25, 0.3) is 10.0 Å². The van der Waals surface area contributed by atoms with Crippen LogP contribution in [-0.2, 0) is 16.6 Å². The van der Waals surface area contributed by atoms with Gasteiger partial charge in [-0.25, -0.2) is 18.1 Å². The molecular formula is C14H25N3O3S. The van der Waals surface area contributed by atoms with Gasteiger partial charge < -0.3 is 5.11 Å². The van der Waals surface area contributed by atoms with Gasteiger partial charge in [-0.2, -0.15) is 0 Å². The van der Waals surface area contributed by atoms with Crippen LogP contribution in [0, 0.1) is 0 Å². The van der Waals surface area contributed by atoms with Crippen LogP contribution in [0.4, 0.5) is 0 Å². The number of aliphatic hydroxyl groups excluding tert-OH is 1. The van der Waals surface area contributed by atoms with Crippen LogP contribution in [0.1, 0.15) is 33.3 Å².